The highest BCUT2D eigenvalue weighted by Gasteiger charge is 2.38. The fourth-order valence-electron chi connectivity index (χ4n) is 5.13. The van der Waals surface area contributed by atoms with Crippen LogP contribution in [0.25, 0.3) is 0 Å². The van der Waals surface area contributed by atoms with Crippen LogP contribution in [-0.2, 0) is 40.6 Å². The molecule has 0 radical (unpaired) electrons. The van der Waals surface area contributed by atoms with Crippen LogP contribution in [0.1, 0.15) is 79.0 Å². The number of aryl methyl sites for hydroxylation is 1. The Kier molecular flexibility index (Phi) is 4.75. The van der Waals surface area contributed by atoms with E-state index in [0.29, 0.717) is 5.56 Å². The van der Waals surface area contributed by atoms with Crippen LogP contribution in [0.5, 0.6) is 0 Å². The zero-order valence-corrected chi connectivity index (χ0v) is 20.2. The van der Waals surface area contributed by atoms with Crippen molar-refractivity contribution in [1.82, 2.24) is 14.4 Å². The number of anilines is 1. The molecule has 2 aromatic rings. The molecule has 176 valence electrons. The Morgan fingerprint density at radius 1 is 1.21 bits per heavy atom. The summed E-state index contributed by atoms with van der Waals surface area (Å²) in [6.07, 6.45) is 4.50. The van der Waals surface area contributed by atoms with Gasteiger partial charge >= 0.3 is 6.03 Å². The molecule has 33 heavy (non-hydrogen) atoms. The maximum absolute atomic E-state index is 13.7. The van der Waals surface area contributed by atoms with Crippen LogP contribution >= 0.6 is 0 Å². The van der Waals surface area contributed by atoms with E-state index in [0.717, 1.165) is 60.3 Å². The van der Waals surface area contributed by atoms with Crippen molar-refractivity contribution in [2.45, 2.75) is 75.7 Å². The molecule has 0 bridgehead atoms. The van der Waals surface area contributed by atoms with Crippen LogP contribution in [0.2, 0.25) is 0 Å². The van der Waals surface area contributed by atoms with Gasteiger partial charge in [0.1, 0.15) is 0 Å². The van der Waals surface area contributed by atoms with Crippen molar-refractivity contribution in [1.29, 1.82) is 0 Å². The number of hydrogen-bond acceptors (Lipinski definition) is 5. The Balaban J connectivity index is 1.48. The minimum atomic E-state index is -3.76. The highest BCUT2D eigenvalue weighted by molar-refractivity contribution is 8.01. The van der Waals surface area contributed by atoms with Crippen molar-refractivity contribution in [3.05, 3.63) is 51.8 Å². The number of nitrogens with zero attached hydrogens (tertiary/aromatic N) is 1. The van der Waals surface area contributed by atoms with Gasteiger partial charge < -0.3 is 10.4 Å². The fraction of sp³-hybridized carbons (Fsp3) is 0.458. The largest absolute Gasteiger partial charge is 0.386 e. The van der Waals surface area contributed by atoms with Gasteiger partial charge in [-0.2, -0.15) is 0 Å². The Labute approximate surface area is 194 Å². The number of pyridine rings is 1. The molecule has 0 saturated carbocycles. The monoisotopic (exact) mass is 470 g/mol. The van der Waals surface area contributed by atoms with Crippen molar-refractivity contribution in [2.75, 3.05) is 5.32 Å². The van der Waals surface area contributed by atoms with Crippen molar-refractivity contribution >= 4 is 27.9 Å². The van der Waals surface area contributed by atoms with E-state index in [1.165, 1.54) is 12.1 Å². The van der Waals surface area contributed by atoms with E-state index < -0.39 is 27.8 Å². The standard InChI is InChI=1S/C24H30N4O4S/c1-23(2)11-10-16-19(14-6-5-7-17(14)25-20(16)23)26-22(30)28-33(32)18-12-13(24(3,4)31)8-9-15(18)21(29)27-33/h8-9,12,31,33H,5-7,10-11H2,1-4H3,(H3,25,26,27,28,29,30,32). The summed E-state index contributed by atoms with van der Waals surface area (Å²) >= 11 is 0. The lowest BCUT2D eigenvalue weighted by molar-refractivity contribution is 0.0782. The average molecular weight is 471 g/mol. The second-order valence-corrected chi connectivity index (χ2v) is 12.5. The van der Waals surface area contributed by atoms with Crippen LogP contribution in [-0.4, -0.2) is 26.2 Å². The SMILES string of the molecule is CC(C)(O)c1ccc2c(c1)[SH](=O)(NC(=O)Nc1c3c(nc4c1CCC4(C)C)CCC3)NC2=O. The van der Waals surface area contributed by atoms with E-state index in [1.807, 2.05) is 0 Å². The van der Waals surface area contributed by atoms with Gasteiger partial charge in [0.2, 0.25) is 0 Å². The second kappa shape index (κ2) is 7.11. The molecule has 0 saturated heterocycles. The van der Waals surface area contributed by atoms with E-state index in [9.17, 15) is 18.9 Å². The average Bonchev–Trinajstić information content (AvgIpc) is 3.37. The number of fused-ring (bicyclic) bond motifs is 3. The first-order valence-electron chi connectivity index (χ1n) is 11.3. The quantitative estimate of drug-likeness (QED) is 0.442. The summed E-state index contributed by atoms with van der Waals surface area (Å²) in [7, 11) is -3.76. The van der Waals surface area contributed by atoms with Gasteiger partial charge in [0.15, 0.2) is 0 Å². The number of rotatable bonds is 3. The molecule has 5 rings (SSSR count). The maximum Gasteiger partial charge on any atom is 0.331 e. The van der Waals surface area contributed by atoms with Crippen molar-refractivity contribution in [3.63, 3.8) is 0 Å². The summed E-state index contributed by atoms with van der Waals surface area (Å²) in [6.45, 7) is 7.55. The number of carbonyl (C=O) groups excluding carboxylic acids is 2. The highest BCUT2D eigenvalue weighted by atomic mass is 32.3. The second-order valence-electron chi connectivity index (χ2n) is 10.4. The molecular formula is C24H30N4O4S. The number of hydrogen-bond donors (Lipinski definition) is 5. The van der Waals surface area contributed by atoms with E-state index in [2.05, 4.69) is 28.6 Å². The van der Waals surface area contributed by atoms with Gasteiger partial charge in [-0.25, -0.2) is 9.00 Å². The topological polar surface area (TPSA) is 120 Å². The highest BCUT2D eigenvalue weighted by Crippen LogP contribution is 2.44. The van der Waals surface area contributed by atoms with Gasteiger partial charge in [-0.15, -0.1) is 0 Å². The third-order valence-electron chi connectivity index (χ3n) is 7.01. The molecule has 0 unspecified atom stereocenters. The summed E-state index contributed by atoms with van der Waals surface area (Å²) in [6, 6.07) is 4.05. The summed E-state index contributed by atoms with van der Waals surface area (Å²) in [4.78, 5) is 30.7. The molecule has 0 spiro atoms. The fourth-order valence-corrected chi connectivity index (χ4v) is 7.02. The molecule has 2 aliphatic carbocycles. The van der Waals surface area contributed by atoms with Gasteiger partial charge in [0.05, 0.1) is 37.7 Å². The molecule has 9 heteroatoms. The first-order chi connectivity index (χ1) is 15.4. The molecule has 3 amide bonds. The smallest absolute Gasteiger partial charge is 0.331 e. The Morgan fingerprint density at radius 3 is 2.70 bits per heavy atom. The van der Waals surface area contributed by atoms with E-state index >= 15 is 0 Å². The predicted octanol–water partition coefficient (Wildman–Crippen LogP) is 2.79. The molecular weight excluding hydrogens is 440 g/mol. The summed E-state index contributed by atoms with van der Waals surface area (Å²) in [5.41, 5.74) is 4.44. The van der Waals surface area contributed by atoms with Gasteiger partial charge in [-0.3, -0.25) is 19.2 Å². The number of thiol groups is 1. The number of nitrogens with one attached hydrogen (secondary N) is 3. The molecule has 2 heterocycles. The number of urea groups is 1. The first kappa shape index (κ1) is 22.0. The Bertz CT molecular complexity index is 1260. The van der Waals surface area contributed by atoms with Crippen LogP contribution in [0.4, 0.5) is 10.5 Å². The van der Waals surface area contributed by atoms with Gasteiger partial charge in [-0.1, -0.05) is 19.9 Å². The number of benzene rings is 1. The third-order valence-corrected chi connectivity index (χ3v) is 9.09. The van der Waals surface area contributed by atoms with Crippen LogP contribution in [0.3, 0.4) is 0 Å². The number of amides is 3. The summed E-state index contributed by atoms with van der Waals surface area (Å²) in [5.74, 6) is -0.511. The van der Waals surface area contributed by atoms with Gasteiger partial charge in [0.25, 0.3) is 5.91 Å². The maximum atomic E-state index is 13.7. The van der Waals surface area contributed by atoms with Gasteiger partial charge in [-0.05, 0) is 74.8 Å². The summed E-state index contributed by atoms with van der Waals surface area (Å²) in [5, 5.41) is 13.3. The third kappa shape index (κ3) is 3.54. The van der Waals surface area contributed by atoms with Gasteiger partial charge in [0, 0.05) is 11.1 Å². The zero-order chi connectivity index (χ0) is 23.8. The zero-order valence-electron chi connectivity index (χ0n) is 19.3. The van der Waals surface area contributed by atoms with Crippen LogP contribution in [0.15, 0.2) is 23.1 Å². The van der Waals surface area contributed by atoms with Crippen LogP contribution < -0.4 is 14.8 Å². The lowest BCUT2D eigenvalue weighted by Gasteiger charge is -2.25. The molecule has 4 N–H and O–H groups in total. The van der Waals surface area contributed by atoms with Crippen LogP contribution in [0, 0.1) is 0 Å². The lowest BCUT2D eigenvalue weighted by atomic mass is 9.90. The first-order valence-corrected chi connectivity index (χ1v) is 13.0. The van der Waals surface area contributed by atoms with Crippen molar-refractivity contribution < 1.29 is 18.9 Å². The van der Waals surface area contributed by atoms with Crippen molar-refractivity contribution in [2.24, 2.45) is 0 Å². The predicted molar refractivity (Wildman–Crippen MR) is 127 cm³/mol. The molecule has 1 aliphatic heterocycles. The molecule has 1 aromatic carbocycles. The minimum absolute atomic E-state index is 0.0571. The molecule has 8 nitrogen and oxygen atoms in total. The van der Waals surface area contributed by atoms with E-state index in [4.69, 9.17) is 4.98 Å². The molecule has 0 fully saturated rings. The van der Waals surface area contributed by atoms with E-state index in [-0.39, 0.29) is 15.9 Å². The Hall–Kier alpha value is -2.78. The Morgan fingerprint density at radius 2 is 1.97 bits per heavy atom. The molecule has 0 atom stereocenters. The number of carbonyl (C=O) groups is 2. The minimum Gasteiger partial charge on any atom is -0.386 e. The van der Waals surface area contributed by atoms with Crippen molar-refractivity contribution in [3.8, 4) is 0 Å². The number of aromatic nitrogens is 1. The number of aliphatic hydroxyl groups is 1. The molecule has 3 aliphatic rings. The summed E-state index contributed by atoms with van der Waals surface area (Å²) < 4.78 is 18.7. The van der Waals surface area contributed by atoms with E-state index in [1.54, 1.807) is 19.9 Å². The normalized spacial score (nSPS) is 20.5. The lowest BCUT2D eigenvalue weighted by Crippen LogP contribution is -2.46. The molecule has 1 aromatic heterocycles.